The first-order chi connectivity index (χ1) is 9.64. The van der Waals surface area contributed by atoms with Crippen LogP contribution < -0.4 is 5.32 Å². The van der Waals surface area contributed by atoms with Crippen LogP contribution in [0.2, 0.25) is 0 Å². The predicted molar refractivity (Wildman–Crippen MR) is 88.2 cm³/mol. The van der Waals surface area contributed by atoms with Crippen molar-refractivity contribution in [3.63, 3.8) is 0 Å². The average molecular weight is 280 g/mol. The minimum atomic E-state index is 0.454. The van der Waals surface area contributed by atoms with Crippen molar-refractivity contribution in [2.24, 2.45) is 0 Å². The van der Waals surface area contributed by atoms with Gasteiger partial charge < -0.3 is 5.32 Å². The van der Waals surface area contributed by atoms with Crippen molar-refractivity contribution in [2.75, 3.05) is 19.6 Å². The van der Waals surface area contributed by atoms with Gasteiger partial charge in [0.1, 0.15) is 0 Å². The van der Waals surface area contributed by atoms with Gasteiger partial charge in [-0.2, -0.15) is 0 Å². The molecule has 20 heavy (non-hydrogen) atoms. The standard InChI is InChI=1S/C18H36N2/c1-4-6-8-11-17(3,10-7-5-2)20-15-14-19-18(16-20)12-9-13-18/h19H,4-16H2,1-3H3. The van der Waals surface area contributed by atoms with Crippen LogP contribution in [-0.2, 0) is 0 Å². The van der Waals surface area contributed by atoms with E-state index in [-0.39, 0.29) is 0 Å². The van der Waals surface area contributed by atoms with E-state index >= 15 is 0 Å². The predicted octanol–water partition coefficient (Wildman–Crippen LogP) is 4.34. The van der Waals surface area contributed by atoms with Crippen molar-refractivity contribution in [3.8, 4) is 0 Å². The van der Waals surface area contributed by atoms with Gasteiger partial charge in [0, 0.05) is 30.7 Å². The van der Waals surface area contributed by atoms with E-state index in [0.29, 0.717) is 11.1 Å². The fourth-order valence-corrected chi connectivity index (χ4v) is 4.11. The second kappa shape index (κ2) is 7.26. The Kier molecular flexibility index (Phi) is 5.92. The van der Waals surface area contributed by atoms with E-state index in [9.17, 15) is 0 Å². The molecule has 2 nitrogen and oxygen atoms in total. The Morgan fingerprint density at radius 1 is 1.05 bits per heavy atom. The summed E-state index contributed by atoms with van der Waals surface area (Å²) in [5.41, 5.74) is 0.951. The Morgan fingerprint density at radius 2 is 1.75 bits per heavy atom. The zero-order chi connectivity index (χ0) is 14.5. The Labute approximate surface area is 126 Å². The molecular weight excluding hydrogens is 244 g/mol. The molecule has 1 N–H and O–H groups in total. The van der Waals surface area contributed by atoms with Crippen molar-refractivity contribution < 1.29 is 0 Å². The van der Waals surface area contributed by atoms with Crippen LogP contribution in [0.5, 0.6) is 0 Å². The van der Waals surface area contributed by atoms with E-state index in [2.05, 4.69) is 31.0 Å². The zero-order valence-corrected chi connectivity index (χ0v) is 14.1. The summed E-state index contributed by atoms with van der Waals surface area (Å²) in [6.45, 7) is 11.0. The van der Waals surface area contributed by atoms with Crippen molar-refractivity contribution in [1.82, 2.24) is 10.2 Å². The maximum Gasteiger partial charge on any atom is 0.0309 e. The van der Waals surface area contributed by atoms with Gasteiger partial charge in [-0.1, -0.05) is 46.0 Å². The SMILES string of the molecule is CCCCCC(C)(CCCC)N1CCNC2(CCC2)C1. The Balaban J connectivity index is 1.96. The third kappa shape index (κ3) is 3.76. The number of nitrogens with one attached hydrogen (secondary N) is 1. The van der Waals surface area contributed by atoms with Gasteiger partial charge in [-0.05, 0) is 39.0 Å². The Hall–Kier alpha value is -0.0800. The molecule has 0 bridgehead atoms. The first-order valence-electron chi connectivity index (χ1n) is 9.14. The summed E-state index contributed by atoms with van der Waals surface area (Å²) in [6.07, 6.45) is 13.9. The molecule has 1 atom stereocenters. The molecule has 2 heteroatoms. The van der Waals surface area contributed by atoms with E-state index in [1.54, 1.807) is 0 Å². The van der Waals surface area contributed by atoms with Crippen LogP contribution in [0.15, 0.2) is 0 Å². The molecule has 1 aliphatic heterocycles. The average Bonchev–Trinajstić information content (AvgIpc) is 2.44. The quantitative estimate of drug-likeness (QED) is 0.665. The number of nitrogens with zero attached hydrogens (tertiary/aromatic N) is 1. The lowest BCUT2D eigenvalue weighted by Crippen LogP contribution is -2.67. The molecule has 2 aliphatic rings. The van der Waals surface area contributed by atoms with E-state index in [1.807, 2.05) is 0 Å². The molecule has 0 aromatic carbocycles. The van der Waals surface area contributed by atoms with Crippen LogP contribution in [0.3, 0.4) is 0 Å². The normalized spacial score (nSPS) is 25.4. The highest BCUT2D eigenvalue weighted by Gasteiger charge is 2.44. The maximum atomic E-state index is 3.82. The monoisotopic (exact) mass is 280 g/mol. The summed E-state index contributed by atoms with van der Waals surface area (Å²) in [6, 6.07) is 0. The van der Waals surface area contributed by atoms with Crippen molar-refractivity contribution in [3.05, 3.63) is 0 Å². The van der Waals surface area contributed by atoms with Gasteiger partial charge in [0.2, 0.25) is 0 Å². The number of hydrogen-bond acceptors (Lipinski definition) is 2. The summed E-state index contributed by atoms with van der Waals surface area (Å²) in [5, 5.41) is 3.82. The lowest BCUT2D eigenvalue weighted by molar-refractivity contribution is -0.00592. The molecule has 1 saturated carbocycles. The van der Waals surface area contributed by atoms with E-state index in [1.165, 1.54) is 83.8 Å². The summed E-state index contributed by atoms with van der Waals surface area (Å²) < 4.78 is 0. The van der Waals surface area contributed by atoms with Gasteiger partial charge in [0.05, 0.1) is 0 Å². The van der Waals surface area contributed by atoms with E-state index in [0.717, 1.165) is 0 Å². The lowest BCUT2D eigenvalue weighted by Gasteiger charge is -2.55. The number of rotatable bonds is 8. The molecule has 1 saturated heterocycles. The van der Waals surface area contributed by atoms with Gasteiger partial charge in [0.15, 0.2) is 0 Å². The highest BCUT2D eigenvalue weighted by molar-refractivity contribution is 5.04. The smallest absolute Gasteiger partial charge is 0.0309 e. The molecular formula is C18H36N2. The molecule has 0 aromatic heterocycles. The van der Waals surface area contributed by atoms with Gasteiger partial charge >= 0.3 is 0 Å². The molecule has 0 aromatic rings. The van der Waals surface area contributed by atoms with Crippen molar-refractivity contribution in [1.29, 1.82) is 0 Å². The number of piperazine rings is 1. The van der Waals surface area contributed by atoms with Gasteiger partial charge in [-0.25, -0.2) is 0 Å². The first kappa shape index (κ1) is 16.3. The molecule has 1 aliphatic carbocycles. The van der Waals surface area contributed by atoms with Gasteiger partial charge in [0.25, 0.3) is 0 Å². The highest BCUT2D eigenvalue weighted by Crippen LogP contribution is 2.38. The Morgan fingerprint density at radius 3 is 2.35 bits per heavy atom. The second-order valence-electron chi connectivity index (χ2n) is 7.54. The summed E-state index contributed by atoms with van der Waals surface area (Å²) >= 11 is 0. The van der Waals surface area contributed by atoms with Crippen LogP contribution in [0.25, 0.3) is 0 Å². The van der Waals surface area contributed by atoms with Crippen LogP contribution in [0.4, 0.5) is 0 Å². The fourth-order valence-electron chi connectivity index (χ4n) is 4.11. The minimum absolute atomic E-state index is 0.454. The lowest BCUT2D eigenvalue weighted by atomic mass is 9.73. The third-order valence-corrected chi connectivity index (χ3v) is 5.84. The van der Waals surface area contributed by atoms with Crippen LogP contribution in [-0.4, -0.2) is 35.6 Å². The van der Waals surface area contributed by atoms with Crippen molar-refractivity contribution >= 4 is 0 Å². The molecule has 0 radical (unpaired) electrons. The second-order valence-corrected chi connectivity index (χ2v) is 7.54. The van der Waals surface area contributed by atoms with Crippen molar-refractivity contribution in [2.45, 2.75) is 96.1 Å². The molecule has 1 heterocycles. The van der Waals surface area contributed by atoms with Crippen LogP contribution >= 0.6 is 0 Å². The summed E-state index contributed by atoms with van der Waals surface area (Å²) in [4.78, 5) is 2.86. The van der Waals surface area contributed by atoms with Gasteiger partial charge in [-0.3, -0.25) is 4.90 Å². The minimum Gasteiger partial charge on any atom is -0.309 e. The largest absolute Gasteiger partial charge is 0.309 e. The topological polar surface area (TPSA) is 15.3 Å². The summed E-state index contributed by atoms with van der Waals surface area (Å²) in [7, 11) is 0. The number of hydrogen-bond donors (Lipinski definition) is 1. The zero-order valence-electron chi connectivity index (χ0n) is 14.1. The Bertz CT molecular complexity index is 285. The molecule has 2 rings (SSSR count). The maximum absolute atomic E-state index is 3.82. The van der Waals surface area contributed by atoms with Crippen LogP contribution in [0, 0.1) is 0 Å². The first-order valence-corrected chi connectivity index (χ1v) is 9.14. The highest BCUT2D eigenvalue weighted by atomic mass is 15.3. The molecule has 1 unspecified atom stereocenters. The fraction of sp³-hybridized carbons (Fsp3) is 1.00. The van der Waals surface area contributed by atoms with Crippen LogP contribution in [0.1, 0.15) is 85.0 Å². The molecule has 0 amide bonds. The van der Waals surface area contributed by atoms with E-state index < -0.39 is 0 Å². The summed E-state index contributed by atoms with van der Waals surface area (Å²) in [5.74, 6) is 0. The molecule has 2 fully saturated rings. The van der Waals surface area contributed by atoms with Gasteiger partial charge in [-0.15, -0.1) is 0 Å². The third-order valence-electron chi connectivity index (χ3n) is 5.84. The molecule has 1 spiro atoms. The number of unbranched alkanes of at least 4 members (excludes halogenated alkanes) is 3. The molecule has 118 valence electrons. The van der Waals surface area contributed by atoms with E-state index in [4.69, 9.17) is 0 Å².